The van der Waals surface area contributed by atoms with E-state index < -0.39 is 0 Å². The predicted molar refractivity (Wildman–Crippen MR) is 72.1 cm³/mol. The van der Waals surface area contributed by atoms with E-state index in [9.17, 15) is 4.79 Å². The first kappa shape index (κ1) is 12.9. The van der Waals surface area contributed by atoms with Crippen molar-refractivity contribution >= 4 is 34.8 Å². The number of amides is 1. The van der Waals surface area contributed by atoms with Crippen LogP contribution in [0.1, 0.15) is 5.56 Å². The van der Waals surface area contributed by atoms with Gasteiger partial charge in [-0.15, -0.1) is 0 Å². The summed E-state index contributed by atoms with van der Waals surface area (Å²) in [4.78, 5) is 15.6. The van der Waals surface area contributed by atoms with E-state index in [1.54, 1.807) is 29.1 Å². The van der Waals surface area contributed by atoms with Crippen LogP contribution in [0.3, 0.4) is 0 Å². The molecule has 0 aliphatic rings. The highest BCUT2D eigenvalue weighted by Crippen LogP contribution is 2.20. The quantitative estimate of drug-likeness (QED) is 0.941. The van der Waals surface area contributed by atoms with Crippen molar-refractivity contribution in [3.63, 3.8) is 0 Å². The number of rotatable bonds is 3. The molecule has 1 aromatic carbocycles. The van der Waals surface area contributed by atoms with Gasteiger partial charge in [-0.25, -0.2) is 4.98 Å². The molecular weight excluding hydrogens is 273 g/mol. The van der Waals surface area contributed by atoms with Crippen molar-refractivity contribution in [3.05, 3.63) is 46.5 Å². The van der Waals surface area contributed by atoms with Crippen molar-refractivity contribution in [1.82, 2.24) is 9.55 Å². The first-order valence-electron chi connectivity index (χ1n) is 5.29. The first-order valence-corrected chi connectivity index (χ1v) is 6.04. The van der Waals surface area contributed by atoms with Crippen LogP contribution in [0, 0.1) is 6.92 Å². The average Bonchev–Trinajstić information content (AvgIpc) is 2.70. The molecule has 0 saturated heterocycles. The molecule has 0 radical (unpaired) electrons. The van der Waals surface area contributed by atoms with Gasteiger partial charge in [0.05, 0.1) is 0 Å². The lowest BCUT2D eigenvalue weighted by atomic mass is 10.2. The van der Waals surface area contributed by atoms with Crippen LogP contribution in [0.5, 0.6) is 0 Å². The Morgan fingerprint density at radius 1 is 1.44 bits per heavy atom. The normalized spacial score (nSPS) is 10.4. The highest BCUT2D eigenvalue weighted by atomic mass is 35.5. The molecule has 4 nitrogen and oxygen atoms in total. The maximum Gasteiger partial charge on any atom is 0.244 e. The highest BCUT2D eigenvalue weighted by Gasteiger charge is 2.07. The van der Waals surface area contributed by atoms with Crippen LogP contribution < -0.4 is 5.32 Å². The minimum Gasteiger partial charge on any atom is -0.324 e. The Balaban J connectivity index is 2.03. The van der Waals surface area contributed by atoms with Crippen LogP contribution in [0.25, 0.3) is 0 Å². The third-order valence-electron chi connectivity index (χ3n) is 2.43. The van der Waals surface area contributed by atoms with Gasteiger partial charge in [0.15, 0.2) is 0 Å². The fourth-order valence-electron chi connectivity index (χ4n) is 1.45. The van der Waals surface area contributed by atoms with Crippen LogP contribution in [0.4, 0.5) is 5.69 Å². The molecule has 0 bridgehead atoms. The van der Waals surface area contributed by atoms with Crippen LogP contribution in [0.15, 0.2) is 30.6 Å². The zero-order valence-electron chi connectivity index (χ0n) is 9.65. The summed E-state index contributed by atoms with van der Waals surface area (Å²) in [7, 11) is 0. The zero-order chi connectivity index (χ0) is 13.1. The van der Waals surface area contributed by atoms with Crippen molar-refractivity contribution in [2.45, 2.75) is 13.5 Å². The number of anilines is 1. The second-order valence-electron chi connectivity index (χ2n) is 3.84. The number of nitrogens with zero attached hydrogens (tertiary/aromatic N) is 2. The Bertz CT molecular complexity index is 580. The number of halogens is 2. The van der Waals surface area contributed by atoms with Crippen LogP contribution in [-0.2, 0) is 11.3 Å². The van der Waals surface area contributed by atoms with E-state index in [1.165, 1.54) is 0 Å². The van der Waals surface area contributed by atoms with E-state index in [1.807, 2.05) is 13.0 Å². The molecule has 1 amide bonds. The monoisotopic (exact) mass is 283 g/mol. The zero-order valence-corrected chi connectivity index (χ0v) is 11.2. The van der Waals surface area contributed by atoms with Crippen molar-refractivity contribution in [2.24, 2.45) is 0 Å². The fourth-order valence-corrected chi connectivity index (χ4v) is 1.81. The Morgan fingerprint density at radius 3 is 2.83 bits per heavy atom. The third kappa shape index (κ3) is 3.03. The van der Waals surface area contributed by atoms with Crippen LogP contribution >= 0.6 is 23.2 Å². The molecule has 0 aliphatic heterocycles. The number of hydrogen-bond donors (Lipinski definition) is 1. The third-order valence-corrected chi connectivity index (χ3v) is 3.16. The molecule has 0 saturated carbocycles. The molecule has 2 rings (SSSR count). The Kier molecular flexibility index (Phi) is 3.89. The summed E-state index contributed by atoms with van der Waals surface area (Å²) in [6, 6.07) is 5.36. The molecule has 18 heavy (non-hydrogen) atoms. The molecular formula is C12H11Cl2N3O. The number of aryl methyl sites for hydroxylation is 1. The molecule has 1 aromatic heterocycles. The van der Waals surface area contributed by atoms with Gasteiger partial charge in [-0.2, -0.15) is 0 Å². The molecule has 0 aliphatic carbocycles. The largest absolute Gasteiger partial charge is 0.324 e. The molecule has 6 heteroatoms. The Morgan fingerprint density at radius 2 is 2.22 bits per heavy atom. The SMILES string of the molecule is Cc1ccc(NC(=O)Cn2ccnc2Cl)cc1Cl. The lowest BCUT2D eigenvalue weighted by molar-refractivity contribution is -0.116. The van der Waals surface area contributed by atoms with E-state index in [0.29, 0.717) is 10.7 Å². The number of imidazole rings is 1. The lowest BCUT2D eigenvalue weighted by Gasteiger charge is -2.07. The van der Waals surface area contributed by atoms with E-state index in [0.717, 1.165) is 5.56 Å². The number of benzene rings is 1. The van der Waals surface area contributed by atoms with E-state index in [4.69, 9.17) is 23.2 Å². The molecule has 0 atom stereocenters. The highest BCUT2D eigenvalue weighted by molar-refractivity contribution is 6.31. The molecule has 1 N–H and O–H groups in total. The van der Waals surface area contributed by atoms with Gasteiger partial charge < -0.3 is 9.88 Å². The first-order chi connectivity index (χ1) is 8.56. The smallest absolute Gasteiger partial charge is 0.244 e. The Hall–Kier alpha value is -1.52. The van der Waals surface area contributed by atoms with Crippen molar-refractivity contribution < 1.29 is 4.79 Å². The topological polar surface area (TPSA) is 46.9 Å². The summed E-state index contributed by atoms with van der Waals surface area (Å²) in [6.45, 7) is 2.02. The lowest BCUT2D eigenvalue weighted by Crippen LogP contribution is -2.18. The maximum atomic E-state index is 11.8. The van der Waals surface area contributed by atoms with E-state index in [2.05, 4.69) is 10.3 Å². The fraction of sp³-hybridized carbons (Fsp3) is 0.167. The molecule has 0 fully saturated rings. The van der Waals surface area contributed by atoms with Crippen molar-refractivity contribution in [2.75, 3.05) is 5.32 Å². The summed E-state index contributed by atoms with van der Waals surface area (Å²) >= 11 is 11.8. The predicted octanol–water partition coefficient (Wildman–Crippen LogP) is 3.14. The van der Waals surface area contributed by atoms with E-state index >= 15 is 0 Å². The summed E-state index contributed by atoms with van der Waals surface area (Å²) in [5, 5.41) is 3.65. The number of nitrogens with one attached hydrogen (secondary N) is 1. The molecule has 2 aromatic rings. The average molecular weight is 284 g/mol. The van der Waals surface area contributed by atoms with Gasteiger partial charge in [-0.1, -0.05) is 17.7 Å². The standard InChI is InChI=1S/C12H11Cl2N3O/c1-8-2-3-9(6-10(8)13)16-11(18)7-17-5-4-15-12(17)14/h2-6H,7H2,1H3,(H,16,18). The second kappa shape index (κ2) is 5.42. The minimum atomic E-state index is -0.185. The van der Waals surface area contributed by atoms with Gasteiger partial charge in [0.2, 0.25) is 11.2 Å². The van der Waals surface area contributed by atoms with Gasteiger partial charge in [0, 0.05) is 23.1 Å². The second-order valence-corrected chi connectivity index (χ2v) is 4.58. The van der Waals surface area contributed by atoms with Gasteiger partial charge in [-0.3, -0.25) is 4.79 Å². The number of carbonyl (C=O) groups excluding carboxylic acids is 1. The van der Waals surface area contributed by atoms with Gasteiger partial charge in [-0.05, 0) is 36.2 Å². The maximum absolute atomic E-state index is 11.8. The summed E-state index contributed by atoms with van der Waals surface area (Å²) < 4.78 is 1.55. The summed E-state index contributed by atoms with van der Waals surface area (Å²) in [5.41, 5.74) is 1.62. The number of carbonyl (C=O) groups is 1. The van der Waals surface area contributed by atoms with Crippen LogP contribution in [0.2, 0.25) is 10.3 Å². The molecule has 1 heterocycles. The summed E-state index contributed by atoms with van der Waals surface area (Å²) in [5.74, 6) is -0.185. The van der Waals surface area contributed by atoms with Crippen molar-refractivity contribution in [3.8, 4) is 0 Å². The van der Waals surface area contributed by atoms with E-state index in [-0.39, 0.29) is 17.7 Å². The van der Waals surface area contributed by atoms with Gasteiger partial charge in [0.25, 0.3) is 0 Å². The van der Waals surface area contributed by atoms with Crippen LogP contribution in [-0.4, -0.2) is 15.5 Å². The summed E-state index contributed by atoms with van der Waals surface area (Å²) in [6.07, 6.45) is 3.18. The number of aromatic nitrogens is 2. The minimum absolute atomic E-state index is 0.115. The Labute approximate surface area is 115 Å². The number of hydrogen-bond acceptors (Lipinski definition) is 2. The van der Waals surface area contributed by atoms with Crippen molar-refractivity contribution in [1.29, 1.82) is 0 Å². The molecule has 0 spiro atoms. The van der Waals surface area contributed by atoms with Gasteiger partial charge in [0.1, 0.15) is 6.54 Å². The van der Waals surface area contributed by atoms with Gasteiger partial charge >= 0.3 is 0 Å². The molecule has 94 valence electrons. The molecule has 0 unspecified atom stereocenters.